The molecule has 0 radical (unpaired) electrons. The van der Waals surface area contributed by atoms with Gasteiger partial charge in [-0.15, -0.1) is 0 Å². The normalized spacial score (nSPS) is 10.2. The third-order valence-electron chi connectivity index (χ3n) is 2.22. The molecule has 0 bridgehead atoms. The van der Waals surface area contributed by atoms with Crippen molar-refractivity contribution in [2.75, 3.05) is 37.4 Å². The number of hydrogen-bond donors (Lipinski definition) is 3. The molecule has 0 aliphatic rings. The van der Waals surface area contributed by atoms with Crippen LogP contribution in [0.1, 0.15) is 13.3 Å². The Morgan fingerprint density at radius 2 is 2.11 bits per heavy atom. The smallest absolute Gasteiger partial charge is 0.243 e. The lowest BCUT2D eigenvalue weighted by Gasteiger charge is -2.11. The third-order valence-corrected chi connectivity index (χ3v) is 2.22. The first-order chi connectivity index (χ1) is 9.11. The first kappa shape index (κ1) is 15.1. The number of primary amides is 1. The van der Waals surface area contributed by atoms with Crippen LogP contribution < -0.4 is 21.5 Å². The molecular weight excluding hydrogens is 246 g/mol. The van der Waals surface area contributed by atoms with E-state index in [0.717, 1.165) is 17.9 Å². The Bertz CT molecular complexity index is 410. The van der Waals surface area contributed by atoms with Gasteiger partial charge in [-0.3, -0.25) is 4.79 Å². The van der Waals surface area contributed by atoms with Gasteiger partial charge in [0.2, 0.25) is 5.91 Å². The zero-order valence-corrected chi connectivity index (χ0v) is 11.1. The predicted octanol–water partition coefficient (Wildman–Crippen LogP) is 0.971. The Hall–Kier alpha value is -1.95. The molecule has 1 aromatic carbocycles. The summed E-state index contributed by atoms with van der Waals surface area (Å²) in [7, 11) is 0. The van der Waals surface area contributed by atoms with E-state index in [0.29, 0.717) is 25.4 Å². The van der Waals surface area contributed by atoms with Crippen LogP contribution >= 0.6 is 0 Å². The molecule has 0 fully saturated rings. The number of rotatable bonds is 9. The van der Waals surface area contributed by atoms with Crippen molar-refractivity contribution in [3.8, 4) is 5.75 Å². The Morgan fingerprint density at radius 3 is 2.79 bits per heavy atom. The fourth-order valence-corrected chi connectivity index (χ4v) is 1.47. The molecule has 1 amide bonds. The number of benzene rings is 1. The maximum absolute atomic E-state index is 10.5. The van der Waals surface area contributed by atoms with Crippen molar-refractivity contribution in [1.82, 2.24) is 0 Å². The number of nitrogens with one attached hydrogen (secondary N) is 1. The Kier molecular flexibility index (Phi) is 6.52. The van der Waals surface area contributed by atoms with Crippen LogP contribution in [-0.2, 0) is 9.53 Å². The number of anilines is 2. The van der Waals surface area contributed by atoms with Gasteiger partial charge in [-0.2, -0.15) is 0 Å². The van der Waals surface area contributed by atoms with Crippen molar-refractivity contribution in [3.63, 3.8) is 0 Å². The van der Waals surface area contributed by atoms with Crippen LogP contribution in [0.5, 0.6) is 5.75 Å². The first-order valence-corrected chi connectivity index (χ1v) is 6.25. The Balaban J connectivity index is 2.40. The van der Waals surface area contributed by atoms with E-state index in [9.17, 15) is 4.79 Å². The molecular formula is C13H21N3O3. The second-order valence-corrected chi connectivity index (χ2v) is 4.08. The van der Waals surface area contributed by atoms with Crippen molar-refractivity contribution in [3.05, 3.63) is 18.2 Å². The van der Waals surface area contributed by atoms with Gasteiger partial charge in [-0.05, 0) is 12.5 Å². The van der Waals surface area contributed by atoms with E-state index >= 15 is 0 Å². The molecule has 0 unspecified atom stereocenters. The van der Waals surface area contributed by atoms with Crippen molar-refractivity contribution in [1.29, 1.82) is 0 Å². The van der Waals surface area contributed by atoms with Crippen LogP contribution in [0.4, 0.5) is 11.4 Å². The van der Waals surface area contributed by atoms with E-state index in [1.54, 1.807) is 6.07 Å². The quantitative estimate of drug-likeness (QED) is 0.457. The summed E-state index contributed by atoms with van der Waals surface area (Å²) in [6, 6.07) is 5.47. The molecule has 1 rings (SSSR count). The monoisotopic (exact) mass is 267 g/mol. The topological polar surface area (TPSA) is 99.6 Å². The van der Waals surface area contributed by atoms with Gasteiger partial charge in [-0.1, -0.05) is 6.92 Å². The molecule has 0 aliphatic heterocycles. The van der Waals surface area contributed by atoms with Crippen LogP contribution in [0.15, 0.2) is 18.2 Å². The van der Waals surface area contributed by atoms with Gasteiger partial charge in [0, 0.05) is 30.1 Å². The zero-order valence-electron chi connectivity index (χ0n) is 11.1. The zero-order chi connectivity index (χ0) is 14.1. The minimum absolute atomic E-state index is 0.0660. The number of nitrogen functional groups attached to an aromatic ring is 1. The van der Waals surface area contributed by atoms with Crippen LogP contribution in [0.3, 0.4) is 0 Å². The largest absolute Gasteiger partial charge is 0.493 e. The second-order valence-electron chi connectivity index (χ2n) is 4.08. The molecule has 0 aromatic heterocycles. The highest BCUT2D eigenvalue weighted by atomic mass is 16.5. The predicted molar refractivity (Wildman–Crippen MR) is 75.1 cm³/mol. The van der Waals surface area contributed by atoms with Crippen molar-refractivity contribution < 1.29 is 14.3 Å². The lowest BCUT2D eigenvalue weighted by molar-refractivity contribution is -0.122. The molecule has 0 saturated carbocycles. The minimum Gasteiger partial charge on any atom is -0.493 e. The molecule has 1 aromatic rings. The van der Waals surface area contributed by atoms with Crippen LogP contribution in [0, 0.1) is 0 Å². The van der Waals surface area contributed by atoms with Crippen molar-refractivity contribution in [2.45, 2.75) is 13.3 Å². The summed E-state index contributed by atoms with van der Waals surface area (Å²) in [5.74, 6) is 0.265. The Morgan fingerprint density at radius 1 is 1.32 bits per heavy atom. The number of carbonyl (C=O) groups excluding carboxylic acids is 1. The molecule has 0 atom stereocenters. The van der Waals surface area contributed by atoms with Gasteiger partial charge < -0.3 is 26.3 Å². The van der Waals surface area contributed by atoms with Gasteiger partial charge >= 0.3 is 0 Å². The molecule has 6 heteroatoms. The van der Waals surface area contributed by atoms with E-state index in [1.807, 2.05) is 19.1 Å². The summed E-state index contributed by atoms with van der Waals surface area (Å²) in [6.07, 6.45) is 0.943. The summed E-state index contributed by atoms with van der Waals surface area (Å²) < 4.78 is 10.6. The number of nitrogens with two attached hydrogens (primary N) is 2. The summed E-state index contributed by atoms with van der Waals surface area (Å²) in [5, 5.41) is 3.14. The molecule has 6 nitrogen and oxygen atoms in total. The van der Waals surface area contributed by atoms with E-state index in [-0.39, 0.29) is 6.61 Å². The average Bonchev–Trinajstić information content (AvgIpc) is 2.35. The average molecular weight is 267 g/mol. The third kappa shape index (κ3) is 6.52. The van der Waals surface area contributed by atoms with E-state index in [1.165, 1.54) is 0 Å². The highest BCUT2D eigenvalue weighted by Crippen LogP contribution is 2.22. The van der Waals surface area contributed by atoms with Crippen LogP contribution in [0.2, 0.25) is 0 Å². The Labute approximate surface area is 113 Å². The minimum atomic E-state index is -0.473. The highest BCUT2D eigenvalue weighted by Gasteiger charge is 2.00. The summed E-state index contributed by atoms with van der Waals surface area (Å²) >= 11 is 0. The van der Waals surface area contributed by atoms with E-state index in [2.05, 4.69) is 5.32 Å². The summed E-state index contributed by atoms with van der Waals surface area (Å²) in [5.41, 5.74) is 12.2. The number of amides is 1. The van der Waals surface area contributed by atoms with Gasteiger partial charge in [0.05, 0.1) is 13.2 Å². The van der Waals surface area contributed by atoms with E-state index in [4.69, 9.17) is 20.9 Å². The molecule has 0 aliphatic carbocycles. The summed E-state index contributed by atoms with van der Waals surface area (Å²) in [6.45, 7) is 3.59. The standard InChI is InChI=1S/C13H21N3O3/c1-2-4-19-12-7-10(14)6-11(8-12)16-3-5-18-9-13(15)17/h6-8,16H,2-5,9,14H2,1H3,(H2,15,17). The van der Waals surface area contributed by atoms with Crippen molar-refractivity contribution >= 4 is 17.3 Å². The van der Waals surface area contributed by atoms with Gasteiger partial charge in [0.25, 0.3) is 0 Å². The van der Waals surface area contributed by atoms with Crippen LogP contribution in [-0.4, -0.2) is 32.3 Å². The lowest BCUT2D eigenvalue weighted by Crippen LogP contribution is -2.20. The fourth-order valence-electron chi connectivity index (χ4n) is 1.47. The maximum Gasteiger partial charge on any atom is 0.243 e. The van der Waals surface area contributed by atoms with Crippen molar-refractivity contribution in [2.24, 2.45) is 5.73 Å². The highest BCUT2D eigenvalue weighted by molar-refractivity contribution is 5.74. The second kappa shape index (κ2) is 8.20. The molecule has 0 spiro atoms. The number of ether oxygens (including phenoxy) is 2. The first-order valence-electron chi connectivity index (χ1n) is 6.25. The van der Waals surface area contributed by atoms with Gasteiger partial charge in [0.1, 0.15) is 12.4 Å². The fraction of sp³-hybridized carbons (Fsp3) is 0.462. The molecule has 0 heterocycles. The molecule has 5 N–H and O–H groups in total. The van der Waals surface area contributed by atoms with Crippen LogP contribution in [0.25, 0.3) is 0 Å². The SMILES string of the molecule is CCCOc1cc(N)cc(NCCOCC(N)=O)c1. The molecule has 19 heavy (non-hydrogen) atoms. The lowest BCUT2D eigenvalue weighted by atomic mass is 10.2. The molecule has 0 saturated heterocycles. The van der Waals surface area contributed by atoms with Gasteiger partial charge in [-0.25, -0.2) is 0 Å². The number of carbonyl (C=O) groups is 1. The summed E-state index contributed by atoms with van der Waals surface area (Å²) in [4.78, 5) is 10.5. The van der Waals surface area contributed by atoms with E-state index < -0.39 is 5.91 Å². The van der Waals surface area contributed by atoms with Gasteiger partial charge in [0.15, 0.2) is 0 Å². The molecule has 106 valence electrons. The number of hydrogen-bond acceptors (Lipinski definition) is 5. The maximum atomic E-state index is 10.5.